The van der Waals surface area contributed by atoms with E-state index in [-0.39, 0.29) is 0 Å². The number of rotatable bonds is 6. The van der Waals surface area contributed by atoms with Crippen LogP contribution in [0.2, 0.25) is 0 Å². The number of nitrogens with one attached hydrogen (secondary N) is 1. The molecule has 2 nitrogen and oxygen atoms in total. The highest BCUT2D eigenvalue weighted by Gasteiger charge is 2.11. The Morgan fingerprint density at radius 3 is 2.48 bits per heavy atom. The van der Waals surface area contributed by atoms with E-state index < -0.39 is 0 Å². The van der Waals surface area contributed by atoms with E-state index in [1.54, 1.807) is 7.11 Å². The van der Waals surface area contributed by atoms with Crippen LogP contribution in [-0.2, 0) is 12.8 Å². The predicted octanol–water partition coefficient (Wildman–Crippen LogP) is 4.22. The van der Waals surface area contributed by atoms with Crippen LogP contribution in [0.15, 0.2) is 66.7 Å². The van der Waals surface area contributed by atoms with Gasteiger partial charge in [-0.2, -0.15) is 0 Å². The first kappa shape index (κ1) is 15.6. The fourth-order valence-corrected chi connectivity index (χ4v) is 3.06. The Labute approximate surface area is 138 Å². The summed E-state index contributed by atoms with van der Waals surface area (Å²) in [6.45, 7) is 0. The molecule has 1 N–H and O–H groups in total. The summed E-state index contributed by atoms with van der Waals surface area (Å²) in [5.41, 5.74) is 2.72. The number of benzene rings is 3. The molecule has 3 aromatic carbocycles. The molecule has 0 aliphatic heterocycles. The van der Waals surface area contributed by atoms with Crippen molar-refractivity contribution in [3.05, 3.63) is 77.9 Å². The Morgan fingerprint density at radius 2 is 1.74 bits per heavy atom. The average Bonchev–Trinajstić information content (AvgIpc) is 2.62. The van der Waals surface area contributed by atoms with Crippen molar-refractivity contribution in [1.82, 2.24) is 5.32 Å². The monoisotopic (exact) mass is 305 g/mol. The molecule has 3 aromatic rings. The van der Waals surface area contributed by atoms with Gasteiger partial charge in [0.25, 0.3) is 0 Å². The van der Waals surface area contributed by atoms with Gasteiger partial charge < -0.3 is 10.1 Å². The van der Waals surface area contributed by atoms with Crippen molar-refractivity contribution in [2.75, 3.05) is 14.2 Å². The maximum absolute atomic E-state index is 5.39. The normalized spacial score (nSPS) is 12.3. The molecular formula is C21H23NO. The average molecular weight is 305 g/mol. The number of hydrogen-bond donors (Lipinski definition) is 1. The maximum atomic E-state index is 5.39. The van der Waals surface area contributed by atoms with Gasteiger partial charge >= 0.3 is 0 Å². The van der Waals surface area contributed by atoms with E-state index in [1.807, 2.05) is 13.1 Å². The fourth-order valence-electron chi connectivity index (χ4n) is 3.06. The lowest BCUT2D eigenvalue weighted by atomic mass is 9.95. The molecule has 0 bridgehead atoms. The minimum Gasteiger partial charge on any atom is -0.497 e. The first-order chi connectivity index (χ1) is 11.3. The van der Waals surface area contributed by atoms with Gasteiger partial charge in [-0.25, -0.2) is 0 Å². The van der Waals surface area contributed by atoms with Crippen molar-refractivity contribution >= 4 is 10.8 Å². The highest BCUT2D eigenvalue weighted by atomic mass is 16.5. The topological polar surface area (TPSA) is 21.3 Å². The molecule has 0 radical (unpaired) electrons. The summed E-state index contributed by atoms with van der Waals surface area (Å²) in [4.78, 5) is 0. The third-order valence-electron chi connectivity index (χ3n) is 4.38. The Kier molecular flexibility index (Phi) is 4.94. The molecular weight excluding hydrogens is 282 g/mol. The number of methoxy groups -OCH3 is 1. The molecule has 0 spiro atoms. The third kappa shape index (κ3) is 3.72. The number of ether oxygens (including phenoxy) is 1. The first-order valence-electron chi connectivity index (χ1n) is 8.07. The number of fused-ring (bicyclic) bond motifs is 1. The zero-order valence-electron chi connectivity index (χ0n) is 13.8. The predicted molar refractivity (Wildman–Crippen MR) is 97.2 cm³/mol. The molecule has 0 amide bonds. The Bertz CT molecular complexity index is 767. The zero-order valence-corrected chi connectivity index (χ0v) is 13.8. The van der Waals surface area contributed by atoms with Crippen molar-refractivity contribution in [2.45, 2.75) is 18.9 Å². The van der Waals surface area contributed by atoms with Crippen LogP contribution in [0.4, 0.5) is 0 Å². The Hall–Kier alpha value is -2.32. The van der Waals surface area contributed by atoms with Gasteiger partial charge in [-0.1, -0.05) is 54.6 Å². The lowest BCUT2D eigenvalue weighted by molar-refractivity contribution is 0.415. The summed E-state index contributed by atoms with van der Waals surface area (Å²) in [5.74, 6) is 0.911. The van der Waals surface area contributed by atoms with Crippen molar-refractivity contribution in [2.24, 2.45) is 0 Å². The molecule has 0 fully saturated rings. The van der Waals surface area contributed by atoms with Gasteiger partial charge in [0.15, 0.2) is 0 Å². The van der Waals surface area contributed by atoms with Crippen LogP contribution in [-0.4, -0.2) is 20.2 Å². The summed E-state index contributed by atoms with van der Waals surface area (Å²) >= 11 is 0. The lowest BCUT2D eigenvalue weighted by Gasteiger charge is -2.18. The summed E-state index contributed by atoms with van der Waals surface area (Å²) in [6, 6.07) is 23.9. The molecule has 0 aliphatic rings. The van der Waals surface area contributed by atoms with E-state index in [1.165, 1.54) is 21.9 Å². The minimum absolute atomic E-state index is 0.411. The lowest BCUT2D eigenvalue weighted by Crippen LogP contribution is -2.29. The van der Waals surface area contributed by atoms with Crippen LogP contribution in [0.5, 0.6) is 5.75 Å². The minimum atomic E-state index is 0.411. The standard InChI is InChI=1S/C21H23NO/c1-22-19(13-16-7-4-3-5-8-16)14-18-10-6-9-17-11-12-20(23-2)15-21(17)18/h3-12,15,19,22H,13-14H2,1-2H3. The summed E-state index contributed by atoms with van der Waals surface area (Å²) in [7, 11) is 3.76. The van der Waals surface area contributed by atoms with Crippen LogP contribution >= 0.6 is 0 Å². The zero-order chi connectivity index (χ0) is 16.1. The molecule has 118 valence electrons. The second-order valence-electron chi connectivity index (χ2n) is 5.88. The van der Waals surface area contributed by atoms with E-state index in [4.69, 9.17) is 4.74 Å². The molecule has 0 aromatic heterocycles. The summed E-state index contributed by atoms with van der Waals surface area (Å²) < 4.78 is 5.39. The van der Waals surface area contributed by atoms with Crippen LogP contribution in [0, 0.1) is 0 Å². The van der Waals surface area contributed by atoms with E-state index in [0.29, 0.717) is 6.04 Å². The first-order valence-corrected chi connectivity index (χ1v) is 8.07. The molecule has 1 atom stereocenters. The highest BCUT2D eigenvalue weighted by Crippen LogP contribution is 2.25. The SMILES string of the molecule is CNC(Cc1ccccc1)Cc1cccc2ccc(OC)cc12. The quantitative estimate of drug-likeness (QED) is 0.736. The van der Waals surface area contributed by atoms with Gasteiger partial charge in [-0.15, -0.1) is 0 Å². The van der Waals surface area contributed by atoms with Crippen LogP contribution in [0.25, 0.3) is 10.8 Å². The molecule has 0 aliphatic carbocycles. The molecule has 23 heavy (non-hydrogen) atoms. The van der Waals surface area contributed by atoms with Crippen molar-refractivity contribution in [3.63, 3.8) is 0 Å². The molecule has 0 saturated heterocycles. The van der Waals surface area contributed by atoms with Crippen LogP contribution in [0.1, 0.15) is 11.1 Å². The molecule has 2 heteroatoms. The number of hydrogen-bond acceptors (Lipinski definition) is 2. The molecule has 0 saturated carbocycles. The van der Waals surface area contributed by atoms with E-state index >= 15 is 0 Å². The fraction of sp³-hybridized carbons (Fsp3) is 0.238. The van der Waals surface area contributed by atoms with Crippen molar-refractivity contribution < 1.29 is 4.74 Å². The van der Waals surface area contributed by atoms with Crippen LogP contribution in [0.3, 0.4) is 0 Å². The van der Waals surface area contributed by atoms with Gasteiger partial charge in [0.2, 0.25) is 0 Å². The second-order valence-corrected chi connectivity index (χ2v) is 5.88. The summed E-state index contributed by atoms with van der Waals surface area (Å²) in [5, 5.41) is 6.00. The van der Waals surface area contributed by atoms with Gasteiger partial charge in [-0.3, -0.25) is 0 Å². The molecule has 3 rings (SSSR count). The van der Waals surface area contributed by atoms with E-state index in [2.05, 4.69) is 66.0 Å². The van der Waals surface area contributed by atoms with Gasteiger partial charge in [0.1, 0.15) is 5.75 Å². The molecule has 0 heterocycles. The second kappa shape index (κ2) is 7.30. The van der Waals surface area contributed by atoms with Gasteiger partial charge in [0, 0.05) is 6.04 Å². The van der Waals surface area contributed by atoms with Gasteiger partial charge in [0.05, 0.1) is 7.11 Å². The smallest absolute Gasteiger partial charge is 0.119 e. The summed E-state index contributed by atoms with van der Waals surface area (Å²) in [6.07, 6.45) is 2.02. The van der Waals surface area contributed by atoms with Crippen molar-refractivity contribution in [3.8, 4) is 5.75 Å². The maximum Gasteiger partial charge on any atom is 0.119 e. The third-order valence-corrected chi connectivity index (χ3v) is 4.38. The van der Waals surface area contributed by atoms with Gasteiger partial charge in [-0.05, 0) is 53.9 Å². The van der Waals surface area contributed by atoms with Crippen LogP contribution < -0.4 is 10.1 Å². The number of likely N-dealkylation sites (N-methyl/N-ethyl adjacent to an activating group) is 1. The Balaban J connectivity index is 1.87. The van der Waals surface area contributed by atoms with E-state index in [0.717, 1.165) is 18.6 Å². The van der Waals surface area contributed by atoms with Crippen molar-refractivity contribution in [1.29, 1.82) is 0 Å². The Morgan fingerprint density at radius 1 is 0.913 bits per heavy atom. The molecule has 1 unspecified atom stereocenters. The highest BCUT2D eigenvalue weighted by molar-refractivity contribution is 5.87. The van der Waals surface area contributed by atoms with E-state index in [9.17, 15) is 0 Å². The largest absolute Gasteiger partial charge is 0.497 e.